The zero-order chi connectivity index (χ0) is 12.1. The summed E-state index contributed by atoms with van der Waals surface area (Å²) in [6, 6.07) is 5.55. The molecule has 0 fully saturated rings. The van der Waals surface area contributed by atoms with Crippen molar-refractivity contribution in [2.45, 2.75) is 59.5 Å². The fourth-order valence-corrected chi connectivity index (χ4v) is 2.75. The summed E-state index contributed by atoms with van der Waals surface area (Å²) in [5.41, 5.74) is 0. The molecule has 92 valence electrons. The molecule has 16 heavy (non-hydrogen) atoms. The summed E-state index contributed by atoms with van der Waals surface area (Å²) in [7, 11) is 0. The Kier molecular flexibility index (Phi) is 5.50. The molecule has 1 aromatic rings. The molecule has 0 saturated heterocycles. The number of thiophene rings is 1. The molecule has 0 aliphatic carbocycles. The van der Waals surface area contributed by atoms with Crippen LogP contribution in [0.5, 0.6) is 0 Å². The molecule has 2 heteroatoms. The SMILES string of the molecule is Cc1ccc(C(C)NC(C)CCC(C)C)s1. The lowest BCUT2D eigenvalue weighted by molar-refractivity contribution is 0.419. The van der Waals surface area contributed by atoms with Crippen LogP contribution in [0.15, 0.2) is 12.1 Å². The van der Waals surface area contributed by atoms with Gasteiger partial charge in [-0.25, -0.2) is 0 Å². The predicted octanol–water partition coefficient (Wildman–Crippen LogP) is 4.53. The first-order chi connectivity index (χ1) is 7.49. The minimum absolute atomic E-state index is 0.487. The van der Waals surface area contributed by atoms with Crippen LogP contribution in [0, 0.1) is 12.8 Å². The van der Waals surface area contributed by atoms with E-state index < -0.39 is 0 Å². The predicted molar refractivity (Wildman–Crippen MR) is 74.1 cm³/mol. The smallest absolute Gasteiger partial charge is 0.0388 e. The number of hydrogen-bond acceptors (Lipinski definition) is 2. The van der Waals surface area contributed by atoms with Gasteiger partial charge in [0.05, 0.1) is 0 Å². The van der Waals surface area contributed by atoms with Crippen LogP contribution in [0.4, 0.5) is 0 Å². The highest BCUT2D eigenvalue weighted by molar-refractivity contribution is 7.12. The van der Waals surface area contributed by atoms with Crippen molar-refractivity contribution in [3.63, 3.8) is 0 Å². The molecule has 0 radical (unpaired) electrons. The summed E-state index contributed by atoms with van der Waals surface area (Å²) in [4.78, 5) is 2.85. The van der Waals surface area contributed by atoms with Gasteiger partial charge in [0, 0.05) is 21.8 Å². The number of nitrogens with one attached hydrogen (secondary N) is 1. The van der Waals surface area contributed by atoms with E-state index in [9.17, 15) is 0 Å². The highest BCUT2D eigenvalue weighted by atomic mass is 32.1. The van der Waals surface area contributed by atoms with Gasteiger partial charge in [-0.2, -0.15) is 0 Å². The van der Waals surface area contributed by atoms with E-state index in [-0.39, 0.29) is 0 Å². The second-order valence-electron chi connectivity index (χ2n) is 5.21. The van der Waals surface area contributed by atoms with E-state index in [0.717, 1.165) is 5.92 Å². The summed E-state index contributed by atoms with van der Waals surface area (Å²) in [5, 5.41) is 3.68. The molecule has 0 bridgehead atoms. The second kappa shape index (κ2) is 6.41. The molecule has 1 heterocycles. The normalized spacial score (nSPS) is 15.4. The van der Waals surface area contributed by atoms with Crippen molar-refractivity contribution in [2.24, 2.45) is 5.92 Å². The average molecular weight is 239 g/mol. The summed E-state index contributed by atoms with van der Waals surface area (Å²) < 4.78 is 0. The summed E-state index contributed by atoms with van der Waals surface area (Å²) in [6.07, 6.45) is 2.58. The van der Waals surface area contributed by atoms with Crippen LogP contribution in [0.1, 0.15) is 56.3 Å². The van der Waals surface area contributed by atoms with E-state index in [2.05, 4.69) is 52.1 Å². The zero-order valence-electron chi connectivity index (χ0n) is 11.2. The van der Waals surface area contributed by atoms with Crippen molar-refractivity contribution < 1.29 is 0 Å². The highest BCUT2D eigenvalue weighted by Gasteiger charge is 2.11. The van der Waals surface area contributed by atoms with Gasteiger partial charge < -0.3 is 5.32 Å². The van der Waals surface area contributed by atoms with E-state index in [0.29, 0.717) is 12.1 Å². The average Bonchev–Trinajstić information content (AvgIpc) is 2.62. The van der Waals surface area contributed by atoms with Gasteiger partial charge >= 0.3 is 0 Å². The number of rotatable bonds is 6. The molecule has 0 amide bonds. The molecule has 1 N–H and O–H groups in total. The van der Waals surface area contributed by atoms with Crippen LogP contribution in [-0.2, 0) is 0 Å². The first-order valence-electron chi connectivity index (χ1n) is 6.31. The monoisotopic (exact) mass is 239 g/mol. The Morgan fingerprint density at radius 2 is 1.81 bits per heavy atom. The third kappa shape index (κ3) is 4.67. The van der Waals surface area contributed by atoms with Gasteiger partial charge in [0.15, 0.2) is 0 Å². The summed E-state index contributed by atoms with van der Waals surface area (Å²) >= 11 is 1.90. The van der Waals surface area contributed by atoms with Crippen LogP contribution in [0.25, 0.3) is 0 Å². The Hall–Kier alpha value is -0.340. The maximum atomic E-state index is 3.68. The molecule has 2 atom stereocenters. The lowest BCUT2D eigenvalue weighted by Crippen LogP contribution is -2.28. The molecule has 2 unspecified atom stereocenters. The number of aryl methyl sites for hydroxylation is 1. The number of hydrogen-bond donors (Lipinski definition) is 1. The second-order valence-corrected chi connectivity index (χ2v) is 6.53. The van der Waals surface area contributed by atoms with E-state index in [4.69, 9.17) is 0 Å². The van der Waals surface area contributed by atoms with Gasteiger partial charge in [-0.15, -0.1) is 11.3 Å². The zero-order valence-corrected chi connectivity index (χ0v) is 12.0. The van der Waals surface area contributed by atoms with Gasteiger partial charge in [0.25, 0.3) is 0 Å². The van der Waals surface area contributed by atoms with Crippen molar-refractivity contribution in [1.29, 1.82) is 0 Å². The van der Waals surface area contributed by atoms with E-state index >= 15 is 0 Å². The minimum atomic E-state index is 0.487. The molecule has 0 aromatic carbocycles. The molecule has 0 aliphatic rings. The van der Waals surface area contributed by atoms with Crippen LogP contribution in [-0.4, -0.2) is 6.04 Å². The Morgan fingerprint density at radius 3 is 2.31 bits per heavy atom. The van der Waals surface area contributed by atoms with Gasteiger partial charge in [-0.3, -0.25) is 0 Å². The lowest BCUT2D eigenvalue weighted by Gasteiger charge is -2.19. The van der Waals surface area contributed by atoms with Crippen LogP contribution >= 0.6 is 11.3 Å². The topological polar surface area (TPSA) is 12.0 Å². The Balaban J connectivity index is 2.36. The van der Waals surface area contributed by atoms with Gasteiger partial charge in [-0.05, 0) is 51.7 Å². The van der Waals surface area contributed by atoms with Gasteiger partial charge in [-0.1, -0.05) is 13.8 Å². The van der Waals surface area contributed by atoms with Crippen molar-refractivity contribution in [3.05, 3.63) is 21.9 Å². The molecular weight excluding hydrogens is 214 g/mol. The maximum Gasteiger partial charge on any atom is 0.0388 e. The fraction of sp³-hybridized carbons (Fsp3) is 0.714. The quantitative estimate of drug-likeness (QED) is 0.769. The Labute approximate surface area is 104 Å². The van der Waals surface area contributed by atoms with Gasteiger partial charge in [0.2, 0.25) is 0 Å². The van der Waals surface area contributed by atoms with Gasteiger partial charge in [0.1, 0.15) is 0 Å². The van der Waals surface area contributed by atoms with Crippen LogP contribution < -0.4 is 5.32 Å². The molecule has 0 spiro atoms. The van der Waals surface area contributed by atoms with Crippen LogP contribution in [0.2, 0.25) is 0 Å². The molecule has 1 nitrogen and oxygen atoms in total. The van der Waals surface area contributed by atoms with Crippen LogP contribution in [0.3, 0.4) is 0 Å². The minimum Gasteiger partial charge on any atom is -0.307 e. The molecule has 0 aliphatic heterocycles. The Bertz CT molecular complexity index is 303. The summed E-state index contributed by atoms with van der Waals surface area (Å²) in [5.74, 6) is 0.809. The first kappa shape index (κ1) is 13.7. The maximum absolute atomic E-state index is 3.68. The molecule has 1 rings (SSSR count). The molecular formula is C14H25NS. The highest BCUT2D eigenvalue weighted by Crippen LogP contribution is 2.23. The standard InChI is InChI=1S/C14H25NS/c1-10(2)6-7-11(3)15-13(5)14-9-8-12(4)16-14/h8-11,13,15H,6-7H2,1-5H3. The van der Waals surface area contributed by atoms with Crippen molar-refractivity contribution in [2.75, 3.05) is 0 Å². The largest absolute Gasteiger partial charge is 0.307 e. The third-order valence-corrected chi connectivity index (χ3v) is 4.08. The molecule has 1 aromatic heterocycles. The van der Waals surface area contributed by atoms with E-state index in [1.165, 1.54) is 22.6 Å². The fourth-order valence-electron chi connectivity index (χ4n) is 1.86. The van der Waals surface area contributed by atoms with Crippen molar-refractivity contribution >= 4 is 11.3 Å². The summed E-state index contributed by atoms with van der Waals surface area (Å²) in [6.45, 7) is 11.3. The Morgan fingerprint density at radius 1 is 1.12 bits per heavy atom. The third-order valence-electron chi connectivity index (χ3n) is 2.90. The first-order valence-corrected chi connectivity index (χ1v) is 7.13. The molecule has 0 saturated carbocycles. The van der Waals surface area contributed by atoms with E-state index in [1.54, 1.807) is 0 Å². The lowest BCUT2D eigenvalue weighted by atomic mass is 10.0. The van der Waals surface area contributed by atoms with E-state index in [1.807, 2.05) is 11.3 Å². The van der Waals surface area contributed by atoms with Crippen molar-refractivity contribution in [1.82, 2.24) is 5.32 Å². The van der Waals surface area contributed by atoms with Crippen molar-refractivity contribution in [3.8, 4) is 0 Å².